The van der Waals surface area contributed by atoms with Crippen LogP contribution in [0.4, 0.5) is 11.8 Å². The molecule has 1 atom stereocenters. The Morgan fingerprint density at radius 3 is 2.88 bits per heavy atom. The standard InChI is InChI=1S/C14H17N5O4S/c1-9-7-12(18-23-9)17-14-15-5-3-11(16-14)13(20)19(2)10-4-6-24(21,22)8-10/h3,5,7,10H,4,6,8H2,1-2H3,(H,15,16,17,18). The third-order valence-electron chi connectivity index (χ3n) is 3.82. The average Bonchev–Trinajstić information content (AvgIpc) is 3.11. The zero-order valence-electron chi connectivity index (χ0n) is 13.3. The van der Waals surface area contributed by atoms with E-state index in [4.69, 9.17) is 4.52 Å². The largest absolute Gasteiger partial charge is 0.360 e. The molecular weight excluding hydrogens is 334 g/mol. The van der Waals surface area contributed by atoms with Gasteiger partial charge in [0.25, 0.3) is 5.91 Å². The molecule has 1 amide bonds. The van der Waals surface area contributed by atoms with Gasteiger partial charge in [0, 0.05) is 25.4 Å². The number of carbonyl (C=O) groups excluding carboxylic acids is 1. The van der Waals surface area contributed by atoms with Gasteiger partial charge in [-0.05, 0) is 19.4 Å². The maximum absolute atomic E-state index is 12.5. The molecule has 0 aromatic carbocycles. The molecule has 0 bridgehead atoms. The van der Waals surface area contributed by atoms with Crippen molar-refractivity contribution in [3.63, 3.8) is 0 Å². The Kier molecular flexibility index (Phi) is 4.22. The zero-order valence-corrected chi connectivity index (χ0v) is 14.1. The van der Waals surface area contributed by atoms with Crippen molar-refractivity contribution in [1.29, 1.82) is 0 Å². The predicted octanol–water partition coefficient (Wildman–Crippen LogP) is 0.776. The Morgan fingerprint density at radius 1 is 1.46 bits per heavy atom. The van der Waals surface area contributed by atoms with Gasteiger partial charge >= 0.3 is 0 Å². The SMILES string of the molecule is Cc1cc(Nc2nccc(C(=O)N(C)C3CCS(=O)(=O)C3)n2)no1. The highest BCUT2D eigenvalue weighted by molar-refractivity contribution is 7.91. The van der Waals surface area contributed by atoms with Crippen LogP contribution in [0, 0.1) is 6.92 Å². The molecule has 1 fully saturated rings. The van der Waals surface area contributed by atoms with Gasteiger partial charge < -0.3 is 14.7 Å². The first-order valence-electron chi connectivity index (χ1n) is 7.35. The van der Waals surface area contributed by atoms with Crippen LogP contribution in [-0.2, 0) is 9.84 Å². The van der Waals surface area contributed by atoms with E-state index in [9.17, 15) is 13.2 Å². The molecule has 0 aliphatic carbocycles. The van der Waals surface area contributed by atoms with Crippen molar-refractivity contribution in [2.75, 3.05) is 23.9 Å². The first-order valence-corrected chi connectivity index (χ1v) is 9.17. The zero-order chi connectivity index (χ0) is 17.3. The average molecular weight is 351 g/mol. The topological polar surface area (TPSA) is 118 Å². The predicted molar refractivity (Wildman–Crippen MR) is 85.7 cm³/mol. The molecule has 0 spiro atoms. The maximum atomic E-state index is 12.5. The van der Waals surface area contributed by atoms with Gasteiger partial charge in [0.1, 0.15) is 11.5 Å². The molecule has 0 radical (unpaired) electrons. The fourth-order valence-electron chi connectivity index (χ4n) is 2.51. The second-order valence-electron chi connectivity index (χ2n) is 5.69. The molecule has 0 saturated carbocycles. The first-order chi connectivity index (χ1) is 11.3. The van der Waals surface area contributed by atoms with Crippen molar-refractivity contribution >= 4 is 27.5 Å². The molecule has 24 heavy (non-hydrogen) atoms. The quantitative estimate of drug-likeness (QED) is 0.858. The Bertz CT molecular complexity index is 864. The monoisotopic (exact) mass is 351 g/mol. The Labute approximate surface area is 139 Å². The summed E-state index contributed by atoms with van der Waals surface area (Å²) in [5.41, 5.74) is 0.180. The molecule has 2 aromatic heterocycles. The van der Waals surface area contributed by atoms with Crippen molar-refractivity contribution in [3.05, 3.63) is 29.8 Å². The van der Waals surface area contributed by atoms with Crippen LogP contribution in [-0.4, -0.2) is 58.9 Å². The maximum Gasteiger partial charge on any atom is 0.272 e. The van der Waals surface area contributed by atoms with E-state index < -0.39 is 9.84 Å². The molecule has 1 unspecified atom stereocenters. The highest BCUT2D eigenvalue weighted by Gasteiger charge is 2.33. The number of nitrogens with zero attached hydrogens (tertiary/aromatic N) is 4. The number of carbonyl (C=O) groups is 1. The normalized spacial score (nSPS) is 19.2. The lowest BCUT2D eigenvalue weighted by Crippen LogP contribution is -2.38. The van der Waals surface area contributed by atoms with Gasteiger partial charge in [-0.2, -0.15) is 0 Å². The second-order valence-corrected chi connectivity index (χ2v) is 7.91. The van der Waals surface area contributed by atoms with Gasteiger partial charge in [-0.25, -0.2) is 18.4 Å². The number of rotatable bonds is 4. The van der Waals surface area contributed by atoms with E-state index >= 15 is 0 Å². The van der Waals surface area contributed by atoms with E-state index in [0.29, 0.717) is 18.0 Å². The summed E-state index contributed by atoms with van der Waals surface area (Å²) in [6.45, 7) is 1.75. The number of aryl methyl sites for hydroxylation is 1. The van der Waals surface area contributed by atoms with Crippen molar-refractivity contribution in [2.24, 2.45) is 0 Å². The second kappa shape index (κ2) is 6.19. The minimum atomic E-state index is -3.06. The Morgan fingerprint density at radius 2 is 2.25 bits per heavy atom. The molecule has 1 aliphatic rings. The summed E-state index contributed by atoms with van der Waals surface area (Å²) in [7, 11) is -1.47. The molecule has 3 heterocycles. The lowest BCUT2D eigenvalue weighted by Gasteiger charge is -2.22. The third kappa shape index (κ3) is 3.53. The molecule has 1 N–H and O–H groups in total. The van der Waals surface area contributed by atoms with Crippen LogP contribution < -0.4 is 5.32 Å². The van der Waals surface area contributed by atoms with Crippen LogP contribution >= 0.6 is 0 Å². The van der Waals surface area contributed by atoms with Crippen molar-refractivity contribution in [2.45, 2.75) is 19.4 Å². The lowest BCUT2D eigenvalue weighted by atomic mass is 10.2. The summed E-state index contributed by atoms with van der Waals surface area (Å²) < 4.78 is 28.1. The smallest absolute Gasteiger partial charge is 0.272 e. The van der Waals surface area contributed by atoms with Gasteiger partial charge in [0.2, 0.25) is 5.95 Å². The van der Waals surface area contributed by atoms with Crippen LogP contribution in [0.2, 0.25) is 0 Å². The van der Waals surface area contributed by atoms with Crippen LogP contribution in [0.25, 0.3) is 0 Å². The van der Waals surface area contributed by atoms with E-state index in [1.165, 1.54) is 17.2 Å². The molecule has 2 aromatic rings. The number of sulfone groups is 1. The molecular formula is C14H17N5O4S. The van der Waals surface area contributed by atoms with E-state index in [1.807, 2.05) is 0 Å². The summed E-state index contributed by atoms with van der Waals surface area (Å²) in [5, 5.41) is 6.62. The fourth-order valence-corrected chi connectivity index (χ4v) is 4.28. The highest BCUT2D eigenvalue weighted by atomic mass is 32.2. The number of nitrogens with one attached hydrogen (secondary N) is 1. The molecule has 10 heteroatoms. The van der Waals surface area contributed by atoms with Gasteiger partial charge in [-0.15, -0.1) is 0 Å². The van der Waals surface area contributed by atoms with E-state index in [1.54, 1.807) is 20.0 Å². The van der Waals surface area contributed by atoms with E-state index in [-0.39, 0.29) is 35.1 Å². The molecule has 1 aliphatic heterocycles. The number of hydrogen-bond acceptors (Lipinski definition) is 8. The van der Waals surface area contributed by atoms with Gasteiger partial charge in [-0.3, -0.25) is 4.79 Å². The van der Waals surface area contributed by atoms with Gasteiger partial charge in [0.15, 0.2) is 15.7 Å². The van der Waals surface area contributed by atoms with E-state index in [2.05, 4.69) is 20.4 Å². The summed E-state index contributed by atoms with van der Waals surface area (Å²) >= 11 is 0. The molecule has 128 valence electrons. The van der Waals surface area contributed by atoms with Gasteiger partial charge in [0.05, 0.1) is 11.5 Å². The first kappa shape index (κ1) is 16.4. The molecule has 3 rings (SSSR count). The van der Waals surface area contributed by atoms with Crippen molar-refractivity contribution in [1.82, 2.24) is 20.0 Å². The Balaban J connectivity index is 1.74. The van der Waals surface area contributed by atoms with Crippen LogP contribution in [0.1, 0.15) is 22.7 Å². The number of amides is 1. The lowest BCUT2D eigenvalue weighted by molar-refractivity contribution is 0.0741. The summed E-state index contributed by atoms with van der Waals surface area (Å²) in [6, 6.07) is 2.83. The Hall–Kier alpha value is -2.49. The van der Waals surface area contributed by atoms with Crippen LogP contribution in [0.5, 0.6) is 0 Å². The number of aromatic nitrogens is 3. The number of hydrogen-bond donors (Lipinski definition) is 1. The van der Waals surface area contributed by atoms with Crippen molar-refractivity contribution < 1.29 is 17.7 Å². The molecule has 9 nitrogen and oxygen atoms in total. The summed E-state index contributed by atoms with van der Waals surface area (Å²) in [4.78, 5) is 22.2. The van der Waals surface area contributed by atoms with Crippen LogP contribution in [0.15, 0.2) is 22.9 Å². The summed E-state index contributed by atoms with van der Waals surface area (Å²) in [6.07, 6.45) is 1.90. The molecule has 1 saturated heterocycles. The van der Waals surface area contributed by atoms with Crippen LogP contribution in [0.3, 0.4) is 0 Å². The highest BCUT2D eigenvalue weighted by Crippen LogP contribution is 2.19. The van der Waals surface area contributed by atoms with E-state index in [0.717, 1.165) is 0 Å². The summed E-state index contributed by atoms with van der Waals surface area (Å²) in [5.74, 6) is 1.03. The minimum Gasteiger partial charge on any atom is -0.360 e. The number of anilines is 2. The van der Waals surface area contributed by atoms with Gasteiger partial charge in [-0.1, -0.05) is 5.16 Å². The van der Waals surface area contributed by atoms with Crippen molar-refractivity contribution in [3.8, 4) is 0 Å². The minimum absolute atomic E-state index is 0.0103. The fraction of sp³-hybridized carbons (Fsp3) is 0.429. The third-order valence-corrected chi connectivity index (χ3v) is 5.57.